The Morgan fingerprint density at radius 2 is 2.12 bits per heavy atom. The van der Waals surface area contributed by atoms with E-state index in [2.05, 4.69) is 22.3 Å². The van der Waals surface area contributed by atoms with Crippen LogP contribution in [0.4, 0.5) is 0 Å². The maximum absolute atomic E-state index is 12.0. The van der Waals surface area contributed by atoms with E-state index in [1.54, 1.807) is 10.9 Å². The molecule has 1 saturated heterocycles. The summed E-state index contributed by atoms with van der Waals surface area (Å²) in [7, 11) is 2.06. The van der Waals surface area contributed by atoms with Gasteiger partial charge in [-0.2, -0.15) is 0 Å². The summed E-state index contributed by atoms with van der Waals surface area (Å²) < 4.78 is 1.54. The number of hydrogen-bond acceptors (Lipinski definition) is 5. The van der Waals surface area contributed by atoms with Crippen LogP contribution in [-0.2, 0) is 17.9 Å². The Bertz CT molecular complexity index is 382. The zero-order valence-electron chi connectivity index (χ0n) is 10.0. The number of rotatable bonds is 3. The molecule has 2 heterocycles. The minimum atomic E-state index is 0.0894. The predicted molar refractivity (Wildman–Crippen MR) is 62.0 cm³/mol. The lowest BCUT2D eigenvalue weighted by Gasteiger charge is -2.32. The van der Waals surface area contributed by atoms with Gasteiger partial charge in [-0.15, -0.1) is 5.10 Å². The molecule has 0 bridgehead atoms. The number of carbonyl (C=O) groups is 1. The average molecular weight is 238 g/mol. The van der Waals surface area contributed by atoms with Crippen LogP contribution in [0, 0.1) is 0 Å². The van der Waals surface area contributed by atoms with Crippen LogP contribution in [0.15, 0.2) is 6.20 Å². The van der Waals surface area contributed by atoms with Crippen LogP contribution in [-0.4, -0.2) is 63.9 Å². The molecule has 1 aromatic heterocycles. The highest BCUT2D eigenvalue weighted by atomic mass is 16.2. The molecular weight excluding hydrogens is 220 g/mol. The molecule has 1 aromatic rings. The van der Waals surface area contributed by atoms with Gasteiger partial charge in [-0.3, -0.25) is 4.79 Å². The molecule has 94 valence electrons. The fourth-order valence-corrected chi connectivity index (χ4v) is 1.80. The largest absolute Gasteiger partial charge is 0.339 e. The van der Waals surface area contributed by atoms with Gasteiger partial charge in [0.05, 0.1) is 11.9 Å². The van der Waals surface area contributed by atoms with Crippen LogP contribution in [0.2, 0.25) is 0 Å². The Hall–Kier alpha value is -1.47. The maximum Gasteiger partial charge on any atom is 0.244 e. The summed E-state index contributed by atoms with van der Waals surface area (Å²) >= 11 is 0. The predicted octanol–water partition coefficient (Wildman–Crippen LogP) is -1.49. The SMILES string of the molecule is CN1CCN(C(=O)Cn2cc(CN)nn2)CC1. The Kier molecular flexibility index (Phi) is 3.70. The van der Waals surface area contributed by atoms with E-state index in [9.17, 15) is 4.79 Å². The lowest BCUT2D eigenvalue weighted by atomic mass is 10.3. The number of nitrogens with two attached hydrogens (primary N) is 1. The van der Waals surface area contributed by atoms with E-state index >= 15 is 0 Å². The van der Waals surface area contributed by atoms with Gasteiger partial charge in [0.15, 0.2) is 0 Å². The maximum atomic E-state index is 12.0. The molecule has 1 aliphatic rings. The first-order valence-corrected chi connectivity index (χ1v) is 5.74. The van der Waals surface area contributed by atoms with Crippen LogP contribution in [0.1, 0.15) is 5.69 Å². The third-order valence-electron chi connectivity index (χ3n) is 2.95. The van der Waals surface area contributed by atoms with Gasteiger partial charge in [0.1, 0.15) is 6.54 Å². The van der Waals surface area contributed by atoms with Crippen LogP contribution in [0.3, 0.4) is 0 Å². The van der Waals surface area contributed by atoms with Crippen molar-refractivity contribution in [3.05, 3.63) is 11.9 Å². The van der Waals surface area contributed by atoms with Crippen LogP contribution in [0.5, 0.6) is 0 Å². The molecule has 0 atom stereocenters. The van der Waals surface area contributed by atoms with Crippen LogP contribution < -0.4 is 5.73 Å². The van der Waals surface area contributed by atoms with Gasteiger partial charge in [-0.05, 0) is 7.05 Å². The number of hydrogen-bond donors (Lipinski definition) is 1. The number of piperazine rings is 1. The summed E-state index contributed by atoms with van der Waals surface area (Å²) in [5.74, 6) is 0.0894. The van der Waals surface area contributed by atoms with E-state index < -0.39 is 0 Å². The second-order valence-corrected chi connectivity index (χ2v) is 4.30. The zero-order valence-corrected chi connectivity index (χ0v) is 10.0. The van der Waals surface area contributed by atoms with Gasteiger partial charge in [0, 0.05) is 32.7 Å². The van der Waals surface area contributed by atoms with E-state index in [1.165, 1.54) is 0 Å². The molecule has 1 aliphatic heterocycles. The van der Waals surface area contributed by atoms with Crippen molar-refractivity contribution in [3.8, 4) is 0 Å². The van der Waals surface area contributed by atoms with Gasteiger partial charge in [-0.1, -0.05) is 5.21 Å². The van der Waals surface area contributed by atoms with Gasteiger partial charge in [0.25, 0.3) is 0 Å². The number of aromatic nitrogens is 3. The Morgan fingerprint density at radius 3 is 2.71 bits per heavy atom. The number of carbonyl (C=O) groups excluding carboxylic acids is 1. The highest BCUT2D eigenvalue weighted by Gasteiger charge is 2.19. The van der Waals surface area contributed by atoms with E-state index in [-0.39, 0.29) is 12.5 Å². The standard InChI is InChI=1S/C10H18N6O/c1-14-2-4-15(5-3-14)10(17)8-16-7-9(6-11)12-13-16/h7H,2-6,8,11H2,1H3. The lowest BCUT2D eigenvalue weighted by molar-refractivity contribution is -0.133. The normalized spacial score (nSPS) is 17.4. The van der Waals surface area contributed by atoms with E-state index in [0.29, 0.717) is 12.2 Å². The molecule has 0 saturated carbocycles. The second-order valence-electron chi connectivity index (χ2n) is 4.30. The summed E-state index contributed by atoms with van der Waals surface area (Å²) in [6.45, 7) is 4.02. The average Bonchev–Trinajstić information content (AvgIpc) is 2.77. The van der Waals surface area contributed by atoms with Crippen LogP contribution in [0.25, 0.3) is 0 Å². The van der Waals surface area contributed by atoms with Crippen molar-refractivity contribution in [1.29, 1.82) is 0 Å². The summed E-state index contributed by atoms with van der Waals surface area (Å²) in [6, 6.07) is 0. The highest BCUT2D eigenvalue weighted by molar-refractivity contribution is 5.76. The van der Waals surface area contributed by atoms with E-state index in [4.69, 9.17) is 5.73 Å². The summed E-state index contributed by atoms with van der Waals surface area (Å²) in [5.41, 5.74) is 6.14. The minimum Gasteiger partial charge on any atom is -0.339 e. The Balaban J connectivity index is 1.88. The van der Waals surface area contributed by atoms with E-state index in [1.807, 2.05) is 4.90 Å². The van der Waals surface area contributed by atoms with Crippen molar-refractivity contribution in [2.24, 2.45) is 5.73 Å². The fourth-order valence-electron chi connectivity index (χ4n) is 1.80. The molecule has 1 fully saturated rings. The number of likely N-dealkylation sites (N-methyl/N-ethyl adjacent to an activating group) is 1. The highest BCUT2D eigenvalue weighted by Crippen LogP contribution is 2.01. The number of amides is 1. The van der Waals surface area contributed by atoms with Gasteiger partial charge in [0.2, 0.25) is 5.91 Å². The lowest BCUT2D eigenvalue weighted by Crippen LogP contribution is -2.48. The van der Waals surface area contributed by atoms with Gasteiger partial charge in [-0.25, -0.2) is 4.68 Å². The van der Waals surface area contributed by atoms with Crippen molar-refractivity contribution >= 4 is 5.91 Å². The van der Waals surface area contributed by atoms with E-state index in [0.717, 1.165) is 26.2 Å². The molecule has 0 spiro atoms. The summed E-state index contributed by atoms with van der Waals surface area (Å²) in [4.78, 5) is 16.0. The fraction of sp³-hybridized carbons (Fsp3) is 0.700. The number of nitrogens with zero attached hydrogens (tertiary/aromatic N) is 5. The smallest absolute Gasteiger partial charge is 0.244 e. The molecule has 0 aromatic carbocycles. The second kappa shape index (κ2) is 5.24. The molecular formula is C10H18N6O. The minimum absolute atomic E-state index is 0.0894. The molecule has 7 heteroatoms. The first-order valence-electron chi connectivity index (χ1n) is 5.74. The molecule has 0 aliphatic carbocycles. The Labute approximate surface area is 100 Å². The summed E-state index contributed by atoms with van der Waals surface area (Å²) in [6.07, 6.45) is 1.72. The first-order chi connectivity index (χ1) is 8.19. The molecule has 17 heavy (non-hydrogen) atoms. The monoisotopic (exact) mass is 238 g/mol. The third-order valence-corrected chi connectivity index (χ3v) is 2.95. The molecule has 7 nitrogen and oxygen atoms in total. The first kappa shape index (κ1) is 12.0. The quantitative estimate of drug-likeness (QED) is 0.694. The van der Waals surface area contributed by atoms with Crippen molar-refractivity contribution in [2.45, 2.75) is 13.1 Å². The third kappa shape index (κ3) is 3.01. The summed E-state index contributed by atoms with van der Waals surface area (Å²) in [5, 5.41) is 7.72. The van der Waals surface area contributed by atoms with Crippen molar-refractivity contribution in [2.75, 3.05) is 33.2 Å². The molecule has 2 rings (SSSR count). The molecule has 1 amide bonds. The van der Waals surface area contributed by atoms with Crippen LogP contribution >= 0.6 is 0 Å². The molecule has 2 N–H and O–H groups in total. The molecule has 0 unspecified atom stereocenters. The topological polar surface area (TPSA) is 80.3 Å². The van der Waals surface area contributed by atoms with Gasteiger partial charge >= 0.3 is 0 Å². The van der Waals surface area contributed by atoms with Crippen molar-refractivity contribution < 1.29 is 4.79 Å². The Morgan fingerprint density at radius 1 is 1.41 bits per heavy atom. The zero-order chi connectivity index (χ0) is 12.3. The van der Waals surface area contributed by atoms with Crippen molar-refractivity contribution in [1.82, 2.24) is 24.8 Å². The van der Waals surface area contributed by atoms with Crippen molar-refractivity contribution in [3.63, 3.8) is 0 Å². The molecule has 0 radical (unpaired) electrons. The van der Waals surface area contributed by atoms with Gasteiger partial charge < -0.3 is 15.5 Å².